The number of hydrogen-bond acceptors (Lipinski definition) is 1. The summed E-state index contributed by atoms with van der Waals surface area (Å²) in [7, 11) is 0. The highest BCUT2D eigenvalue weighted by atomic mass is 79.9. The second kappa shape index (κ2) is 3.55. The molecule has 2 nitrogen and oxygen atoms in total. The Balaban J connectivity index is 2.73. The Morgan fingerprint density at radius 1 is 1.43 bits per heavy atom. The van der Waals surface area contributed by atoms with Gasteiger partial charge >= 0.3 is 0 Å². The summed E-state index contributed by atoms with van der Waals surface area (Å²) in [5.41, 5.74) is 0.929. The smallest absolute Gasteiger partial charge is 0.112 e. The minimum absolute atomic E-state index is 0.343. The fourth-order valence-electron chi connectivity index (χ4n) is 1.39. The molecule has 4 heteroatoms. The molecule has 0 saturated heterocycles. The zero-order valence-electron chi connectivity index (χ0n) is 7.96. The van der Waals surface area contributed by atoms with Crippen molar-refractivity contribution in [2.24, 2.45) is 0 Å². The molecule has 0 saturated carbocycles. The summed E-state index contributed by atoms with van der Waals surface area (Å²) in [6, 6.07) is 6.07. The highest BCUT2D eigenvalue weighted by Gasteiger charge is 2.10. The fraction of sp³-hybridized carbons (Fsp3) is 0.300. The van der Waals surface area contributed by atoms with Crippen molar-refractivity contribution in [2.75, 3.05) is 0 Å². The van der Waals surface area contributed by atoms with Gasteiger partial charge in [0.05, 0.1) is 5.52 Å². The SMILES string of the molecule is CC(C)n1nc2cc(Cl)ccc2c1Br. The van der Waals surface area contributed by atoms with Gasteiger partial charge < -0.3 is 0 Å². The Morgan fingerprint density at radius 2 is 2.14 bits per heavy atom. The van der Waals surface area contributed by atoms with Crippen molar-refractivity contribution in [1.29, 1.82) is 0 Å². The topological polar surface area (TPSA) is 17.8 Å². The van der Waals surface area contributed by atoms with E-state index in [1.165, 1.54) is 0 Å². The average Bonchev–Trinajstić information content (AvgIpc) is 2.43. The van der Waals surface area contributed by atoms with Crippen LogP contribution in [0, 0.1) is 0 Å². The van der Waals surface area contributed by atoms with Crippen LogP contribution in [-0.4, -0.2) is 9.78 Å². The molecule has 0 atom stereocenters. The average molecular weight is 274 g/mol. The maximum atomic E-state index is 5.90. The molecule has 14 heavy (non-hydrogen) atoms. The molecule has 0 bridgehead atoms. The Kier molecular flexibility index (Phi) is 2.54. The quantitative estimate of drug-likeness (QED) is 0.767. The second-order valence-corrected chi connectivity index (χ2v) is 4.68. The van der Waals surface area contributed by atoms with E-state index in [1.807, 2.05) is 22.9 Å². The van der Waals surface area contributed by atoms with E-state index in [0.29, 0.717) is 6.04 Å². The zero-order valence-corrected chi connectivity index (χ0v) is 10.3. The van der Waals surface area contributed by atoms with Crippen molar-refractivity contribution < 1.29 is 0 Å². The molecule has 2 aromatic rings. The van der Waals surface area contributed by atoms with Crippen LogP contribution in [0.3, 0.4) is 0 Å². The maximum Gasteiger partial charge on any atom is 0.112 e. The third-order valence-corrected chi connectivity index (χ3v) is 3.11. The van der Waals surface area contributed by atoms with Crippen LogP contribution in [0.25, 0.3) is 10.9 Å². The van der Waals surface area contributed by atoms with Gasteiger partial charge in [-0.25, -0.2) is 0 Å². The molecule has 0 aliphatic rings. The first-order chi connectivity index (χ1) is 6.59. The third-order valence-electron chi connectivity index (χ3n) is 2.09. The van der Waals surface area contributed by atoms with Gasteiger partial charge in [0.25, 0.3) is 0 Å². The summed E-state index contributed by atoms with van der Waals surface area (Å²) < 4.78 is 2.96. The number of nitrogens with zero attached hydrogens (tertiary/aromatic N) is 2. The van der Waals surface area contributed by atoms with Crippen molar-refractivity contribution >= 4 is 38.4 Å². The molecular weight excluding hydrogens is 263 g/mol. The van der Waals surface area contributed by atoms with Gasteiger partial charge in [-0.2, -0.15) is 5.10 Å². The normalized spacial score (nSPS) is 11.5. The number of benzene rings is 1. The monoisotopic (exact) mass is 272 g/mol. The number of hydrogen-bond donors (Lipinski definition) is 0. The Labute approximate surface area is 96.0 Å². The largest absolute Gasteiger partial charge is 0.255 e. The van der Waals surface area contributed by atoms with E-state index in [9.17, 15) is 0 Å². The molecule has 74 valence electrons. The first-order valence-corrected chi connectivity index (χ1v) is 5.60. The summed E-state index contributed by atoms with van der Waals surface area (Å²) >= 11 is 9.43. The number of rotatable bonds is 1. The molecule has 0 radical (unpaired) electrons. The molecule has 0 amide bonds. The van der Waals surface area contributed by atoms with Gasteiger partial charge in [-0.1, -0.05) is 11.6 Å². The lowest BCUT2D eigenvalue weighted by molar-refractivity contribution is 0.527. The van der Waals surface area contributed by atoms with E-state index in [-0.39, 0.29) is 0 Å². The fourth-order valence-corrected chi connectivity index (χ4v) is 2.38. The Hall–Kier alpha value is -0.540. The highest BCUT2D eigenvalue weighted by Crippen LogP contribution is 2.28. The molecule has 1 aromatic carbocycles. The minimum atomic E-state index is 0.343. The molecule has 0 unspecified atom stereocenters. The van der Waals surface area contributed by atoms with Crippen molar-refractivity contribution in [1.82, 2.24) is 9.78 Å². The van der Waals surface area contributed by atoms with Crippen LogP contribution in [0.5, 0.6) is 0 Å². The van der Waals surface area contributed by atoms with Gasteiger partial charge in [0, 0.05) is 16.5 Å². The van der Waals surface area contributed by atoms with Crippen molar-refractivity contribution in [3.05, 3.63) is 27.8 Å². The molecule has 0 spiro atoms. The van der Waals surface area contributed by atoms with E-state index >= 15 is 0 Å². The number of halogens is 2. The van der Waals surface area contributed by atoms with E-state index in [1.54, 1.807) is 0 Å². The maximum absolute atomic E-state index is 5.90. The first kappa shape index (κ1) is 9.99. The third kappa shape index (κ3) is 1.55. The molecule has 0 fully saturated rings. The van der Waals surface area contributed by atoms with E-state index in [4.69, 9.17) is 11.6 Å². The van der Waals surface area contributed by atoms with Crippen LogP contribution < -0.4 is 0 Å². The van der Waals surface area contributed by atoms with Crippen LogP contribution in [0.1, 0.15) is 19.9 Å². The van der Waals surface area contributed by atoms with E-state index in [2.05, 4.69) is 34.9 Å². The number of fused-ring (bicyclic) bond motifs is 1. The van der Waals surface area contributed by atoms with Crippen molar-refractivity contribution in [3.63, 3.8) is 0 Å². The lowest BCUT2D eigenvalue weighted by Gasteiger charge is -2.05. The lowest BCUT2D eigenvalue weighted by atomic mass is 10.3. The molecule has 1 heterocycles. The van der Waals surface area contributed by atoms with Crippen LogP contribution in [0.4, 0.5) is 0 Å². The first-order valence-electron chi connectivity index (χ1n) is 4.43. The molecule has 2 rings (SSSR count). The Morgan fingerprint density at radius 3 is 2.79 bits per heavy atom. The molecule has 1 aromatic heterocycles. The van der Waals surface area contributed by atoms with Crippen LogP contribution in [0.2, 0.25) is 5.02 Å². The van der Waals surface area contributed by atoms with Crippen LogP contribution >= 0.6 is 27.5 Å². The van der Waals surface area contributed by atoms with Gasteiger partial charge in [0.1, 0.15) is 4.60 Å². The second-order valence-electron chi connectivity index (χ2n) is 3.49. The van der Waals surface area contributed by atoms with Gasteiger partial charge in [0.2, 0.25) is 0 Å². The van der Waals surface area contributed by atoms with Crippen LogP contribution in [-0.2, 0) is 0 Å². The standard InChI is InChI=1S/C10H10BrClN2/c1-6(2)14-10(11)8-4-3-7(12)5-9(8)13-14/h3-6H,1-2H3. The summed E-state index contributed by atoms with van der Waals surface area (Å²) in [6.45, 7) is 4.19. The summed E-state index contributed by atoms with van der Waals surface area (Å²) in [5, 5.41) is 6.28. The van der Waals surface area contributed by atoms with E-state index < -0.39 is 0 Å². The van der Waals surface area contributed by atoms with Crippen molar-refractivity contribution in [3.8, 4) is 0 Å². The van der Waals surface area contributed by atoms with E-state index in [0.717, 1.165) is 20.5 Å². The predicted molar refractivity (Wildman–Crippen MR) is 62.8 cm³/mol. The van der Waals surface area contributed by atoms with Gasteiger partial charge in [-0.3, -0.25) is 4.68 Å². The lowest BCUT2D eigenvalue weighted by Crippen LogP contribution is -2.02. The highest BCUT2D eigenvalue weighted by molar-refractivity contribution is 9.10. The van der Waals surface area contributed by atoms with Gasteiger partial charge in [-0.15, -0.1) is 0 Å². The predicted octanol–water partition coefficient (Wildman–Crippen LogP) is 4.03. The van der Waals surface area contributed by atoms with Gasteiger partial charge in [0.15, 0.2) is 0 Å². The number of aromatic nitrogens is 2. The molecule has 0 N–H and O–H groups in total. The Bertz CT molecular complexity index is 476. The van der Waals surface area contributed by atoms with Crippen LogP contribution in [0.15, 0.2) is 22.8 Å². The van der Waals surface area contributed by atoms with Gasteiger partial charge in [-0.05, 0) is 48.0 Å². The summed E-state index contributed by atoms with van der Waals surface area (Å²) in [5.74, 6) is 0. The molecule has 0 aliphatic heterocycles. The minimum Gasteiger partial charge on any atom is -0.255 e. The summed E-state index contributed by atoms with van der Waals surface area (Å²) in [6.07, 6.45) is 0. The summed E-state index contributed by atoms with van der Waals surface area (Å²) in [4.78, 5) is 0. The van der Waals surface area contributed by atoms with Crippen molar-refractivity contribution in [2.45, 2.75) is 19.9 Å². The molecule has 0 aliphatic carbocycles. The zero-order chi connectivity index (χ0) is 10.3. The molecular formula is C10H10BrClN2.